The first-order chi connectivity index (χ1) is 15.8. The molecule has 0 fully saturated rings. The predicted octanol–water partition coefficient (Wildman–Crippen LogP) is 3.91. The molecule has 0 saturated carbocycles. The highest BCUT2D eigenvalue weighted by Crippen LogP contribution is 2.23. The Hall–Kier alpha value is -2.58. The summed E-state index contributed by atoms with van der Waals surface area (Å²) < 4.78 is 26.3. The van der Waals surface area contributed by atoms with Crippen molar-refractivity contribution in [1.29, 1.82) is 0 Å². The Kier molecular flexibility index (Phi) is 9.53. The largest absolute Gasteiger partial charge is 0.354 e. The molecule has 2 aromatic rings. The number of halogens is 1. The van der Waals surface area contributed by atoms with Gasteiger partial charge in [0.2, 0.25) is 21.8 Å². The lowest BCUT2D eigenvalue weighted by molar-refractivity contribution is -0.139. The van der Waals surface area contributed by atoms with Gasteiger partial charge in [-0.15, -0.1) is 0 Å². The maximum Gasteiger partial charge on any atom is 0.244 e. The van der Waals surface area contributed by atoms with Crippen LogP contribution in [0.2, 0.25) is 5.02 Å². The average Bonchev–Trinajstić information content (AvgIpc) is 2.75. The number of amides is 2. The highest BCUT2D eigenvalue weighted by Gasteiger charge is 2.30. The van der Waals surface area contributed by atoms with Crippen molar-refractivity contribution in [3.8, 4) is 0 Å². The molecule has 34 heavy (non-hydrogen) atoms. The molecule has 0 aliphatic heterocycles. The molecule has 7 nitrogen and oxygen atoms in total. The number of carbonyl (C=O) groups is 2. The second-order valence-corrected chi connectivity index (χ2v) is 11.3. The maximum atomic E-state index is 13.5. The van der Waals surface area contributed by atoms with Crippen molar-refractivity contribution < 1.29 is 18.0 Å². The summed E-state index contributed by atoms with van der Waals surface area (Å²) in [6.45, 7) is 9.49. The first-order valence-electron chi connectivity index (χ1n) is 11.2. The number of hydrogen-bond donors (Lipinski definition) is 1. The van der Waals surface area contributed by atoms with Gasteiger partial charge in [-0.25, -0.2) is 8.42 Å². The van der Waals surface area contributed by atoms with Gasteiger partial charge in [0.25, 0.3) is 0 Å². The van der Waals surface area contributed by atoms with Crippen molar-refractivity contribution in [2.75, 3.05) is 23.7 Å². The first kappa shape index (κ1) is 27.7. The van der Waals surface area contributed by atoms with Gasteiger partial charge in [0.1, 0.15) is 12.6 Å². The minimum atomic E-state index is -3.77. The van der Waals surface area contributed by atoms with Crippen molar-refractivity contribution in [2.24, 2.45) is 5.92 Å². The molecule has 0 aliphatic rings. The predicted molar refractivity (Wildman–Crippen MR) is 137 cm³/mol. The van der Waals surface area contributed by atoms with Crippen molar-refractivity contribution in [1.82, 2.24) is 10.2 Å². The number of rotatable bonds is 10. The molecule has 0 bridgehead atoms. The van der Waals surface area contributed by atoms with Crippen LogP contribution >= 0.6 is 11.6 Å². The number of nitrogens with zero attached hydrogens (tertiary/aromatic N) is 2. The van der Waals surface area contributed by atoms with Crippen LogP contribution in [0.1, 0.15) is 37.5 Å². The third kappa shape index (κ3) is 7.46. The van der Waals surface area contributed by atoms with Crippen LogP contribution in [0.4, 0.5) is 5.69 Å². The molecule has 2 amide bonds. The molecule has 1 atom stereocenters. The molecule has 1 N–H and O–H groups in total. The maximum absolute atomic E-state index is 13.5. The molecule has 2 aromatic carbocycles. The van der Waals surface area contributed by atoms with Gasteiger partial charge < -0.3 is 10.2 Å². The Morgan fingerprint density at radius 2 is 1.68 bits per heavy atom. The van der Waals surface area contributed by atoms with Crippen LogP contribution in [0.3, 0.4) is 0 Å². The van der Waals surface area contributed by atoms with E-state index < -0.39 is 28.5 Å². The summed E-state index contributed by atoms with van der Waals surface area (Å²) in [6.07, 6.45) is 1.06. The molecule has 0 radical (unpaired) electrons. The van der Waals surface area contributed by atoms with Gasteiger partial charge in [-0.05, 0) is 61.6 Å². The van der Waals surface area contributed by atoms with E-state index in [2.05, 4.69) is 5.32 Å². The summed E-state index contributed by atoms with van der Waals surface area (Å²) in [7, 11) is -3.77. The molecule has 0 spiro atoms. The smallest absolute Gasteiger partial charge is 0.244 e. The van der Waals surface area contributed by atoms with Crippen LogP contribution in [-0.4, -0.2) is 50.5 Å². The normalized spacial score (nSPS) is 12.4. The van der Waals surface area contributed by atoms with Crippen molar-refractivity contribution in [3.05, 3.63) is 64.2 Å². The van der Waals surface area contributed by atoms with E-state index in [-0.39, 0.29) is 18.4 Å². The zero-order chi connectivity index (χ0) is 25.6. The lowest BCUT2D eigenvalue weighted by atomic mass is 10.1. The Morgan fingerprint density at radius 3 is 2.24 bits per heavy atom. The van der Waals surface area contributed by atoms with Gasteiger partial charge in [0.15, 0.2) is 0 Å². The number of carbonyl (C=O) groups excluding carboxylic acids is 2. The molecule has 0 heterocycles. The zero-order valence-corrected chi connectivity index (χ0v) is 22.2. The Bertz CT molecular complexity index is 1130. The summed E-state index contributed by atoms with van der Waals surface area (Å²) in [5.74, 6) is -0.573. The van der Waals surface area contributed by atoms with Gasteiger partial charge >= 0.3 is 0 Å². The first-order valence-corrected chi connectivity index (χ1v) is 13.4. The number of benzene rings is 2. The van der Waals surface area contributed by atoms with Gasteiger partial charge in [-0.1, -0.05) is 49.7 Å². The Labute approximate surface area is 208 Å². The standard InChI is InChI=1S/C25H34ClN3O4S/c1-17(2)14-27-25(31)20(5)28(15-21-9-7-8-10-23(21)26)24(30)16-29(34(6,32)33)22-12-11-18(3)19(4)13-22/h7-13,17,20H,14-16H2,1-6H3,(H,27,31). The number of anilines is 1. The van der Waals surface area contributed by atoms with E-state index in [1.54, 1.807) is 43.3 Å². The second-order valence-electron chi connectivity index (χ2n) is 8.97. The van der Waals surface area contributed by atoms with E-state index in [1.165, 1.54) is 4.90 Å². The van der Waals surface area contributed by atoms with E-state index in [4.69, 9.17) is 11.6 Å². The second kappa shape index (κ2) is 11.7. The van der Waals surface area contributed by atoms with E-state index in [0.29, 0.717) is 22.8 Å². The van der Waals surface area contributed by atoms with Crippen molar-refractivity contribution in [2.45, 2.75) is 47.2 Å². The fourth-order valence-corrected chi connectivity index (χ4v) is 4.38. The van der Waals surface area contributed by atoms with Crippen LogP contribution in [0.5, 0.6) is 0 Å². The van der Waals surface area contributed by atoms with E-state index >= 15 is 0 Å². The summed E-state index contributed by atoms with van der Waals surface area (Å²) in [4.78, 5) is 27.7. The van der Waals surface area contributed by atoms with Crippen LogP contribution in [0, 0.1) is 19.8 Å². The molecule has 1 unspecified atom stereocenters. The Balaban J connectivity index is 2.40. The van der Waals surface area contributed by atoms with Gasteiger partial charge in [0.05, 0.1) is 11.9 Å². The molecule has 9 heteroatoms. The fraction of sp³-hybridized carbons (Fsp3) is 0.440. The highest BCUT2D eigenvalue weighted by molar-refractivity contribution is 7.92. The molecule has 0 aliphatic carbocycles. The molecule has 186 valence electrons. The summed E-state index contributed by atoms with van der Waals surface area (Å²) in [6, 6.07) is 11.5. The lowest BCUT2D eigenvalue weighted by Crippen LogP contribution is -2.51. The summed E-state index contributed by atoms with van der Waals surface area (Å²) in [5.41, 5.74) is 2.99. The third-order valence-electron chi connectivity index (χ3n) is 5.61. The number of nitrogens with one attached hydrogen (secondary N) is 1. The number of hydrogen-bond acceptors (Lipinski definition) is 4. The molecule has 0 aromatic heterocycles. The van der Waals surface area contributed by atoms with Gasteiger partial charge in [-0.3, -0.25) is 13.9 Å². The number of aryl methyl sites for hydroxylation is 2. The minimum Gasteiger partial charge on any atom is -0.354 e. The molecular weight excluding hydrogens is 474 g/mol. The average molecular weight is 508 g/mol. The summed E-state index contributed by atoms with van der Waals surface area (Å²) >= 11 is 6.32. The molecular formula is C25H34ClN3O4S. The SMILES string of the molecule is Cc1ccc(N(CC(=O)N(Cc2ccccc2Cl)C(C)C(=O)NCC(C)C)S(C)(=O)=O)cc1C. The zero-order valence-electron chi connectivity index (χ0n) is 20.6. The Morgan fingerprint density at radius 1 is 1.03 bits per heavy atom. The number of sulfonamides is 1. The van der Waals surface area contributed by atoms with Crippen LogP contribution in [0.25, 0.3) is 0 Å². The highest BCUT2D eigenvalue weighted by atomic mass is 35.5. The van der Waals surface area contributed by atoms with Crippen molar-refractivity contribution >= 4 is 39.1 Å². The van der Waals surface area contributed by atoms with Crippen LogP contribution in [-0.2, 0) is 26.2 Å². The summed E-state index contributed by atoms with van der Waals surface area (Å²) in [5, 5.41) is 3.31. The van der Waals surface area contributed by atoms with Crippen molar-refractivity contribution in [3.63, 3.8) is 0 Å². The minimum absolute atomic E-state index is 0.0687. The molecule has 2 rings (SSSR count). The van der Waals surface area contributed by atoms with Crippen LogP contribution in [0.15, 0.2) is 42.5 Å². The van der Waals surface area contributed by atoms with E-state index in [1.807, 2.05) is 33.8 Å². The lowest BCUT2D eigenvalue weighted by Gasteiger charge is -2.32. The molecule has 0 saturated heterocycles. The topological polar surface area (TPSA) is 86.8 Å². The van der Waals surface area contributed by atoms with Gasteiger partial charge in [-0.2, -0.15) is 0 Å². The van der Waals surface area contributed by atoms with E-state index in [0.717, 1.165) is 21.7 Å². The quantitative estimate of drug-likeness (QED) is 0.528. The third-order valence-corrected chi connectivity index (χ3v) is 7.12. The van der Waals surface area contributed by atoms with E-state index in [9.17, 15) is 18.0 Å². The fourth-order valence-electron chi connectivity index (χ4n) is 3.34. The van der Waals surface area contributed by atoms with Gasteiger partial charge in [0, 0.05) is 18.1 Å². The van der Waals surface area contributed by atoms with Crippen LogP contribution < -0.4 is 9.62 Å². The monoisotopic (exact) mass is 507 g/mol.